The summed E-state index contributed by atoms with van der Waals surface area (Å²) in [4.78, 5) is 13.1. The average molecular weight is 174 g/mol. The van der Waals surface area contributed by atoms with E-state index in [2.05, 4.69) is 21.3 Å². The molecule has 0 saturated carbocycles. The maximum atomic E-state index is 9.36. The summed E-state index contributed by atoms with van der Waals surface area (Å²) in [5.74, 6) is 0. The summed E-state index contributed by atoms with van der Waals surface area (Å²) in [5, 5.41) is 0. The molecule has 0 atom stereocenters. The molecule has 1 aromatic heterocycles. The van der Waals surface area contributed by atoms with Crippen LogP contribution in [0.2, 0.25) is 0 Å². The minimum absolute atomic E-state index is 0.773. The van der Waals surface area contributed by atoms with Crippen LogP contribution in [0.1, 0.15) is 0 Å². The van der Waals surface area contributed by atoms with Gasteiger partial charge in [0.1, 0.15) is 0 Å². The van der Waals surface area contributed by atoms with E-state index in [-0.39, 0.29) is 0 Å². The maximum Gasteiger partial charge on any atom is 0.403 e. The van der Waals surface area contributed by atoms with Gasteiger partial charge in [0, 0.05) is 24.0 Å². The van der Waals surface area contributed by atoms with Crippen LogP contribution >= 0.6 is 11.6 Å². The number of hydrogen-bond acceptors (Lipinski definition) is 3. The smallest absolute Gasteiger partial charge is 0.403 e. The highest BCUT2D eigenvalue weighted by molar-refractivity contribution is 6.61. The van der Waals surface area contributed by atoms with Gasteiger partial charge in [-0.2, -0.15) is 0 Å². The van der Waals surface area contributed by atoms with Crippen molar-refractivity contribution in [3.63, 3.8) is 0 Å². The topological polar surface area (TPSA) is 39.2 Å². The highest BCUT2D eigenvalue weighted by Crippen LogP contribution is 1.78. The molecule has 1 heterocycles. The first-order valence-electron chi connectivity index (χ1n) is 2.86. The lowest BCUT2D eigenvalue weighted by Gasteiger charge is -1.77. The van der Waals surface area contributed by atoms with Gasteiger partial charge in [-0.3, -0.25) is 4.98 Å². The third-order valence-electron chi connectivity index (χ3n) is 0.727. The van der Waals surface area contributed by atoms with Crippen molar-refractivity contribution in [1.82, 2.24) is 4.98 Å². The van der Waals surface area contributed by atoms with Gasteiger partial charge < -0.3 is 4.74 Å². The minimum atomic E-state index is -0.773. The lowest BCUT2D eigenvalue weighted by Crippen LogP contribution is -1.80. The number of hydrogen-bond donors (Lipinski definition) is 0. The molecule has 3 nitrogen and oxygen atoms in total. The van der Waals surface area contributed by atoms with Crippen LogP contribution in [-0.2, 0) is 4.74 Å². The second kappa shape index (κ2) is 7.02. The second-order valence-electron chi connectivity index (χ2n) is 1.47. The summed E-state index contributed by atoms with van der Waals surface area (Å²) in [7, 11) is 1.22. The number of carbonyl (C=O) groups is 1. The average Bonchev–Trinajstić information content (AvgIpc) is 2.09. The molecule has 4 heteroatoms. The Labute approximate surface area is 70.0 Å². The molecule has 60 valence electrons. The van der Waals surface area contributed by atoms with Crippen molar-refractivity contribution in [1.29, 1.82) is 0 Å². The monoisotopic (exact) mass is 173 g/mol. The molecule has 0 saturated heterocycles. The molecule has 0 bridgehead atoms. The fourth-order valence-corrected chi connectivity index (χ4v) is 0.313. The van der Waals surface area contributed by atoms with Crippen LogP contribution in [0.5, 0.6) is 0 Å². The molecule has 0 aliphatic heterocycles. The van der Waals surface area contributed by atoms with Crippen LogP contribution in [0.25, 0.3) is 0 Å². The van der Waals surface area contributed by atoms with Crippen LogP contribution < -0.4 is 0 Å². The van der Waals surface area contributed by atoms with E-state index in [0.29, 0.717) is 0 Å². The number of pyridine rings is 1. The van der Waals surface area contributed by atoms with Crippen molar-refractivity contribution in [3.8, 4) is 0 Å². The number of nitrogens with zero attached hydrogens (tertiary/aromatic N) is 1. The molecule has 0 amide bonds. The van der Waals surface area contributed by atoms with Gasteiger partial charge in [0.25, 0.3) is 0 Å². The molecule has 11 heavy (non-hydrogen) atoms. The molecule has 0 aliphatic rings. The molecule has 0 aromatic carbocycles. The van der Waals surface area contributed by atoms with Gasteiger partial charge in [-0.15, -0.1) is 0 Å². The number of aromatic nitrogens is 1. The molecule has 0 fully saturated rings. The summed E-state index contributed by atoms with van der Waals surface area (Å²) >= 11 is 4.60. The zero-order valence-corrected chi connectivity index (χ0v) is 6.78. The Morgan fingerprint density at radius 1 is 1.36 bits per heavy atom. The first kappa shape index (κ1) is 9.91. The molecular formula is C7H8ClNO2. The fourth-order valence-electron chi connectivity index (χ4n) is 0.313. The van der Waals surface area contributed by atoms with E-state index >= 15 is 0 Å². The van der Waals surface area contributed by atoms with Crippen LogP contribution in [0.15, 0.2) is 30.6 Å². The quantitative estimate of drug-likeness (QED) is 0.564. The van der Waals surface area contributed by atoms with E-state index in [4.69, 9.17) is 0 Å². The summed E-state index contributed by atoms with van der Waals surface area (Å²) in [6.07, 6.45) is 3.50. The van der Waals surface area contributed by atoms with Crippen molar-refractivity contribution in [2.45, 2.75) is 0 Å². The highest BCUT2D eigenvalue weighted by atomic mass is 35.5. The molecule has 0 spiro atoms. The predicted octanol–water partition coefficient (Wildman–Crippen LogP) is 2.07. The lowest BCUT2D eigenvalue weighted by molar-refractivity contribution is 0.198. The van der Waals surface area contributed by atoms with Crippen molar-refractivity contribution in [2.24, 2.45) is 0 Å². The van der Waals surface area contributed by atoms with Crippen molar-refractivity contribution in [2.75, 3.05) is 7.11 Å². The number of methoxy groups -OCH3 is 1. The van der Waals surface area contributed by atoms with Crippen molar-refractivity contribution in [3.05, 3.63) is 30.6 Å². The zero-order valence-electron chi connectivity index (χ0n) is 6.03. The third kappa shape index (κ3) is 8.91. The Kier molecular flexibility index (Phi) is 6.33. The molecule has 0 N–H and O–H groups in total. The normalized spacial score (nSPS) is 7.45. The molecule has 1 aromatic rings. The van der Waals surface area contributed by atoms with E-state index in [1.807, 2.05) is 18.2 Å². The first-order chi connectivity index (χ1) is 5.27. The van der Waals surface area contributed by atoms with Gasteiger partial charge in [0.15, 0.2) is 0 Å². The summed E-state index contributed by atoms with van der Waals surface area (Å²) in [5.41, 5.74) is -0.773. The molecule has 0 unspecified atom stereocenters. The van der Waals surface area contributed by atoms with E-state index < -0.39 is 5.43 Å². The van der Waals surface area contributed by atoms with Crippen molar-refractivity contribution < 1.29 is 9.53 Å². The Bertz CT molecular complexity index is 164. The van der Waals surface area contributed by atoms with Gasteiger partial charge >= 0.3 is 5.43 Å². The van der Waals surface area contributed by atoms with Gasteiger partial charge in [-0.25, -0.2) is 4.79 Å². The summed E-state index contributed by atoms with van der Waals surface area (Å²) in [6, 6.07) is 5.72. The number of rotatable bonds is 0. The Morgan fingerprint density at radius 2 is 1.82 bits per heavy atom. The predicted molar refractivity (Wildman–Crippen MR) is 42.5 cm³/mol. The van der Waals surface area contributed by atoms with Gasteiger partial charge in [-0.1, -0.05) is 6.07 Å². The summed E-state index contributed by atoms with van der Waals surface area (Å²) in [6.45, 7) is 0. The largest absolute Gasteiger partial charge is 0.457 e. The Balaban J connectivity index is 0.000000187. The second-order valence-corrected chi connectivity index (χ2v) is 1.77. The molecule has 1 rings (SSSR count). The molecular weight excluding hydrogens is 166 g/mol. The van der Waals surface area contributed by atoms with Crippen LogP contribution in [0.4, 0.5) is 4.79 Å². The van der Waals surface area contributed by atoms with Gasteiger partial charge in [0.05, 0.1) is 7.11 Å². The van der Waals surface area contributed by atoms with Gasteiger partial charge in [-0.05, 0) is 12.1 Å². The number of carbonyl (C=O) groups excluding carboxylic acids is 1. The number of ether oxygens (including phenoxy) is 1. The Hall–Kier alpha value is -1.09. The molecule has 0 aliphatic carbocycles. The van der Waals surface area contributed by atoms with Crippen LogP contribution in [0, 0.1) is 0 Å². The minimum Gasteiger partial charge on any atom is -0.457 e. The maximum absolute atomic E-state index is 9.36. The Morgan fingerprint density at radius 3 is 1.91 bits per heavy atom. The lowest BCUT2D eigenvalue weighted by atomic mass is 10.5. The highest BCUT2D eigenvalue weighted by Gasteiger charge is 1.80. The van der Waals surface area contributed by atoms with Crippen LogP contribution in [0.3, 0.4) is 0 Å². The van der Waals surface area contributed by atoms with Crippen molar-refractivity contribution >= 4 is 17.0 Å². The molecule has 0 radical (unpaired) electrons. The van der Waals surface area contributed by atoms with E-state index in [1.165, 1.54) is 7.11 Å². The third-order valence-corrected chi connectivity index (χ3v) is 0.881. The fraction of sp³-hybridized carbons (Fsp3) is 0.143. The van der Waals surface area contributed by atoms with E-state index in [0.717, 1.165) is 0 Å². The van der Waals surface area contributed by atoms with E-state index in [1.54, 1.807) is 12.4 Å². The number of halogens is 1. The summed E-state index contributed by atoms with van der Waals surface area (Å²) < 4.78 is 3.88. The first-order valence-corrected chi connectivity index (χ1v) is 3.23. The standard InChI is InChI=1S/C5H5N.C2H3ClO2/c1-2-4-6-5-3-1;1-5-2(3)4/h1-5H;1H3. The van der Waals surface area contributed by atoms with Crippen LogP contribution in [-0.4, -0.2) is 17.5 Å². The SMILES string of the molecule is COC(=O)Cl.c1ccncc1. The zero-order chi connectivity index (χ0) is 8.53. The van der Waals surface area contributed by atoms with E-state index in [9.17, 15) is 4.79 Å². The van der Waals surface area contributed by atoms with Gasteiger partial charge in [0.2, 0.25) is 0 Å².